The smallest absolute Gasteiger partial charge is 0.306 e. The molecule has 1 N–H and O–H groups in total. The summed E-state index contributed by atoms with van der Waals surface area (Å²) in [5, 5.41) is 9.06. The van der Waals surface area contributed by atoms with Crippen LogP contribution in [0.3, 0.4) is 0 Å². The number of aryl methyl sites for hydroxylation is 1. The van der Waals surface area contributed by atoms with E-state index in [1.807, 2.05) is 42.5 Å². The van der Waals surface area contributed by atoms with Gasteiger partial charge in [-0.25, -0.2) is 9.80 Å². The van der Waals surface area contributed by atoms with Crippen molar-refractivity contribution in [3.05, 3.63) is 101 Å². The lowest BCUT2D eigenvalue weighted by Crippen LogP contribution is -2.35. The van der Waals surface area contributed by atoms with Crippen LogP contribution in [0.2, 0.25) is 0 Å². The maximum atomic E-state index is 13.4. The Morgan fingerprint density at radius 3 is 2.34 bits per heavy atom. The van der Waals surface area contributed by atoms with Crippen molar-refractivity contribution in [3.63, 3.8) is 0 Å². The number of nitrogens with zero attached hydrogens (tertiary/aromatic N) is 2. The molecule has 0 fully saturated rings. The predicted molar refractivity (Wildman–Crippen MR) is 130 cm³/mol. The van der Waals surface area contributed by atoms with E-state index in [1.165, 1.54) is 22.7 Å². The monoisotopic (exact) mass is 477 g/mol. The Morgan fingerprint density at radius 1 is 1.00 bits per heavy atom. The molecular formula is C28H26F3N3O. The van der Waals surface area contributed by atoms with Crippen LogP contribution in [0.5, 0.6) is 0 Å². The van der Waals surface area contributed by atoms with Crippen LogP contribution in [0.15, 0.2) is 77.9 Å². The molecule has 3 aromatic carbocycles. The Labute approximate surface area is 202 Å². The molecule has 5 rings (SSSR count). The van der Waals surface area contributed by atoms with Crippen molar-refractivity contribution in [2.75, 3.05) is 5.32 Å². The lowest BCUT2D eigenvalue weighted by Gasteiger charge is -2.29. The topological polar surface area (TPSA) is 44.7 Å². The standard InChI is InChI=1S/C28H26F3N3O/c1-17(2)18-9-14-22(15-10-18)32-27(35)34-26(20-7-12-21(13-8-20)28(29,30)31)24-16-11-19-5-3-4-6-23(19)25(24)33-34/h3-10,12-15,17,24,26H,11,16H2,1-2H3,(H,32,35). The number of urea groups is 1. The van der Waals surface area contributed by atoms with Gasteiger partial charge in [0.2, 0.25) is 0 Å². The van der Waals surface area contributed by atoms with E-state index >= 15 is 0 Å². The zero-order valence-corrected chi connectivity index (χ0v) is 19.5. The van der Waals surface area contributed by atoms with Crippen LogP contribution in [0.4, 0.5) is 23.7 Å². The number of carbonyl (C=O) groups excluding carboxylic acids is 1. The lowest BCUT2D eigenvalue weighted by molar-refractivity contribution is -0.137. The summed E-state index contributed by atoms with van der Waals surface area (Å²) in [5.41, 5.74) is 4.69. The quantitative estimate of drug-likeness (QED) is 0.420. The molecule has 0 saturated heterocycles. The number of hydrogen-bond acceptors (Lipinski definition) is 2. The van der Waals surface area contributed by atoms with Crippen LogP contribution in [-0.2, 0) is 12.6 Å². The highest BCUT2D eigenvalue weighted by atomic mass is 19.4. The Kier molecular flexibility index (Phi) is 5.87. The van der Waals surface area contributed by atoms with Crippen LogP contribution in [-0.4, -0.2) is 16.8 Å². The number of benzene rings is 3. The summed E-state index contributed by atoms with van der Waals surface area (Å²) in [6, 6.07) is 19.8. The number of hydrazone groups is 1. The maximum absolute atomic E-state index is 13.4. The fraction of sp³-hybridized carbons (Fsp3) is 0.286. The number of carbonyl (C=O) groups is 1. The first kappa shape index (κ1) is 23.1. The van der Waals surface area contributed by atoms with Crippen molar-refractivity contribution in [2.45, 2.75) is 44.8 Å². The number of hydrogen-bond donors (Lipinski definition) is 1. The summed E-state index contributed by atoms with van der Waals surface area (Å²) in [4.78, 5) is 13.4. The SMILES string of the molecule is CC(C)c1ccc(NC(=O)N2N=C3c4ccccc4CCC3C2c2ccc(C(F)(F)F)cc2)cc1. The number of nitrogens with one attached hydrogen (secondary N) is 1. The molecule has 1 heterocycles. The molecule has 7 heteroatoms. The van der Waals surface area contributed by atoms with Crippen molar-refractivity contribution in [1.82, 2.24) is 5.01 Å². The summed E-state index contributed by atoms with van der Waals surface area (Å²) in [6.45, 7) is 4.20. The van der Waals surface area contributed by atoms with Crippen LogP contribution in [0, 0.1) is 5.92 Å². The van der Waals surface area contributed by atoms with Gasteiger partial charge in [0.1, 0.15) is 0 Å². The van der Waals surface area contributed by atoms with Gasteiger partial charge in [-0.2, -0.15) is 18.3 Å². The van der Waals surface area contributed by atoms with E-state index in [0.717, 1.165) is 41.8 Å². The normalized spacial score (nSPS) is 19.3. The summed E-state index contributed by atoms with van der Waals surface area (Å²) in [5.74, 6) is 0.271. The van der Waals surface area contributed by atoms with E-state index in [-0.39, 0.29) is 5.92 Å². The van der Waals surface area contributed by atoms with Gasteiger partial charge in [0.25, 0.3) is 0 Å². The van der Waals surface area contributed by atoms with Crippen LogP contribution in [0.25, 0.3) is 0 Å². The van der Waals surface area contributed by atoms with E-state index in [1.54, 1.807) is 0 Å². The van der Waals surface area contributed by atoms with Gasteiger partial charge >= 0.3 is 12.2 Å². The van der Waals surface area contributed by atoms with Crippen molar-refractivity contribution in [3.8, 4) is 0 Å². The Bertz CT molecular complexity index is 1260. The second kappa shape index (κ2) is 8.87. The van der Waals surface area contributed by atoms with Gasteiger partial charge < -0.3 is 5.32 Å². The van der Waals surface area contributed by atoms with Gasteiger partial charge in [-0.15, -0.1) is 0 Å². The maximum Gasteiger partial charge on any atom is 0.416 e. The highest BCUT2D eigenvalue weighted by molar-refractivity contribution is 6.07. The Balaban J connectivity index is 1.49. The van der Waals surface area contributed by atoms with Gasteiger partial charge in [-0.3, -0.25) is 0 Å². The zero-order valence-electron chi connectivity index (χ0n) is 19.5. The summed E-state index contributed by atoms with van der Waals surface area (Å²) in [6.07, 6.45) is -2.84. The molecule has 4 nitrogen and oxygen atoms in total. The summed E-state index contributed by atoms with van der Waals surface area (Å²) >= 11 is 0. The largest absolute Gasteiger partial charge is 0.416 e. The van der Waals surface area contributed by atoms with Crippen molar-refractivity contribution in [2.24, 2.45) is 11.0 Å². The molecule has 180 valence electrons. The molecule has 35 heavy (non-hydrogen) atoms. The van der Waals surface area contributed by atoms with E-state index in [4.69, 9.17) is 5.10 Å². The van der Waals surface area contributed by atoms with Crippen molar-refractivity contribution >= 4 is 17.4 Å². The number of rotatable bonds is 3. The van der Waals surface area contributed by atoms with Gasteiger partial charge in [0.15, 0.2) is 0 Å². The average Bonchev–Trinajstić information content (AvgIpc) is 3.24. The lowest BCUT2D eigenvalue weighted by atomic mass is 9.77. The van der Waals surface area contributed by atoms with Crippen LogP contribution in [0.1, 0.15) is 60.0 Å². The minimum atomic E-state index is -4.42. The summed E-state index contributed by atoms with van der Waals surface area (Å²) in [7, 11) is 0. The molecule has 1 aliphatic carbocycles. The molecule has 2 amide bonds. The van der Waals surface area contributed by atoms with Gasteiger partial charge in [-0.05, 0) is 59.7 Å². The van der Waals surface area contributed by atoms with Gasteiger partial charge in [0, 0.05) is 17.2 Å². The third-order valence-electron chi connectivity index (χ3n) is 6.85. The number of halogens is 3. The fourth-order valence-corrected chi connectivity index (χ4v) is 4.97. The van der Waals surface area contributed by atoms with Crippen molar-refractivity contribution < 1.29 is 18.0 Å². The second-order valence-corrected chi connectivity index (χ2v) is 9.40. The molecule has 0 spiro atoms. The highest BCUT2D eigenvalue weighted by Gasteiger charge is 2.44. The first-order chi connectivity index (χ1) is 16.7. The molecule has 0 saturated carbocycles. The first-order valence-corrected chi connectivity index (χ1v) is 11.8. The molecule has 1 aliphatic heterocycles. The Morgan fingerprint density at radius 2 is 1.69 bits per heavy atom. The van der Waals surface area contributed by atoms with Gasteiger partial charge in [0.05, 0.1) is 17.3 Å². The number of fused-ring (bicyclic) bond motifs is 3. The number of amides is 2. The third-order valence-corrected chi connectivity index (χ3v) is 6.85. The molecule has 2 unspecified atom stereocenters. The predicted octanol–water partition coefficient (Wildman–Crippen LogP) is 7.38. The van der Waals surface area contributed by atoms with E-state index in [9.17, 15) is 18.0 Å². The van der Waals surface area contributed by atoms with Crippen LogP contribution >= 0.6 is 0 Å². The Hall–Kier alpha value is -3.61. The van der Waals surface area contributed by atoms with Gasteiger partial charge in [-0.1, -0.05) is 62.4 Å². The van der Waals surface area contributed by atoms with Crippen molar-refractivity contribution in [1.29, 1.82) is 0 Å². The van der Waals surface area contributed by atoms with E-state index in [2.05, 4.69) is 25.2 Å². The highest BCUT2D eigenvalue weighted by Crippen LogP contribution is 2.44. The molecule has 0 radical (unpaired) electrons. The third kappa shape index (κ3) is 4.43. The molecule has 2 aliphatic rings. The minimum Gasteiger partial charge on any atom is -0.306 e. The second-order valence-electron chi connectivity index (χ2n) is 9.40. The zero-order chi connectivity index (χ0) is 24.7. The average molecular weight is 478 g/mol. The molecule has 3 aromatic rings. The molecule has 2 atom stereocenters. The number of anilines is 1. The van der Waals surface area contributed by atoms with Crippen LogP contribution < -0.4 is 5.32 Å². The minimum absolute atomic E-state index is 0.101. The summed E-state index contributed by atoms with van der Waals surface area (Å²) < 4.78 is 39.5. The van der Waals surface area contributed by atoms with E-state index < -0.39 is 23.8 Å². The molecule has 0 aromatic heterocycles. The van der Waals surface area contributed by atoms with E-state index in [0.29, 0.717) is 17.2 Å². The molecular weight excluding hydrogens is 451 g/mol. The molecule has 0 bridgehead atoms. The fourth-order valence-electron chi connectivity index (χ4n) is 4.97. The first-order valence-electron chi connectivity index (χ1n) is 11.8. The number of alkyl halides is 3.